The lowest BCUT2D eigenvalue weighted by Gasteiger charge is -2.15. The average molecular weight is 158 g/mol. The van der Waals surface area contributed by atoms with Crippen molar-refractivity contribution in [3.63, 3.8) is 0 Å². The van der Waals surface area contributed by atoms with Gasteiger partial charge in [0.1, 0.15) is 0 Å². The van der Waals surface area contributed by atoms with E-state index in [2.05, 4.69) is 24.5 Å². The molecule has 0 aliphatic carbocycles. The van der Waals surface area contributed by atoms with E-state index in [0.717, 1.165) is 19.6 Å². The van der Waals surface area contributed by atoms with E-state index >= 15 is 0 Å². The second-order valence-corrected chi connectivity index (χ2v) is 3.55. The zero-order valence-corrected chi connectivity index (χ0v) is 7.30. The lowest BCUT2D eigenvalue weighted by Crippen LogP contribution is -2.34. The lowest BCUT2D eigenvalue weighted by atomic mass is 10.1. The molecule has 0 amide bonds. The van der Waals surface area contributed by atoms with E-state index in [1.54, 1.807) is 0 Å². The minimum Gasteiger partial charge on any atom is -0.391 e. The van der Waals surface area contributed by atoms with Gasteiger partial charge in [-0.05, 0) is 0 Å². The van der Waals surface area contributed by atoms with Gasteiger partial charge in [-0.2, -0.15) is 0 Å². The van der Waals surface area contributed by atoms with Crippen molar-refractivity contribution < 1.29 is 5.11 Å². The van der Waals surface area contributed by atoms with Gasteiger partial charge >= 0.3 is 0 Å². The third-order valence-corrected chi connectivity index (χ3v) is 2.09. The first-order valence-corrected chi connectivity index (χ1v) is 4.32. The molecule has 0 spiro atoms. The molecular weight excluding hydrogens is 140 g/mol. The Morgan fingerprint density at radius 2 is 2.27 bits per heavy atom. The molecule has 11 heavy (non-hydrogen) atoms. The minimum absolute atomic E-state index is 0.152. The predicted molar refractivity (Wildman–Crippen MR) is 45.5 cm³/mol. The van der Waals surface area contributed by atoms with Gasteiger partial charge in [0.15, 0.2) is 0 Å². The Hall–Kier alpha value is -0.120. The normalized spacial score (nSPS) is 31.6. The SMILES string of the molecule is CC(C)NC[C@H]1CNC[C@H]1O. The van der Waals surface area contributed by atoms with Gasteiger partial charge in [0, 0.05) is 31.6 Å². The van der Waals surface area contributed by atoms with Crippen LogP contribution < -0.4 is 10.6 Å². The molecule has 3 nitrogen and oxygen atoms in total. The molecule has 0 unspecified atom stereocenters. The van der Waals surface area contributed by atoms with E-state index in [9.17, 15) is 5.11 Å². The maximum absolute atomic E-state index is 9.40. The van der Waals surface area contributed by atoms with Crippen molar-refractivity contribution in [1.82, 2.24) is 10.6 Å². The maximum Gasteiger partial charge on any atom is 0.0716 e. The van der Waals surface area contributed by atoms with Gasteiger partial charge in [-0.15, -0.1) is 0 Å². The summed E-state index contributed by atoms with van der Waals surface area (Å²) in [4.78, 5) is 0. The van der Waals surface area contributed by atoms with E-state index in [1.807, 2.05) is 0 Å². The van der Waals surface area contributed by atoms with Crippen LogP contribution in [-0.2, 0) is 0 Å². The van der Waals surface area contributed by atoms with Crippen LogP contribution in [0.4, 0.5) is 0 Å². The molecule has 1 fully saturated rings. The molecule has 0 aromatic carbocycles. The molecule has 1 aliphatic heterocycles. The first kappa shape index (κ1) is 8.97. The van der Waals surface area contributed by atoms with E-state index in [-0.39, 0.29) is 6.10 Å². The number of hydrogen-bond acceptors (Lipinski definition) is 3. The van der Waals surface area contributed by atoms with Crippen LogP contribution in [0.3, 0.4) is 0 Å². The van der Waals surface area contributed by atoms with Crippen molar-refractivity contribution >= 4 is 0 Å². The van der Waals surface area contributed by atoms with Crippen molar-refractivity contribution in [1.29, 1.82) is 0 Å². The molecule has 0 bridgehead atoms. The molecule has 0 aromatic heterocycles. The Morgan fingerprint density at radius 1 is 1.55 bits per heavy atom. The summed E-state index contributed by atoms with van der Waals surface area (Å²) in [6, 6.07) is 0.516. The molecule has 66 valence electrons. The van der Waals surface area contributed by atoms with Crippen LogP contribution in [0.2, 0.25) is 0 Å². The standard InChI is InChI=1S/C8H18N2O/c1-6(2)10-4-7-3-9-5-8(7)11/h6-11H,3-5H2,1-2H3/t7-,8-/m1/s1. The van der Waals surface area contributed by atoms with Crippen molar-refractivity contribution in [3.05, 3.63) is 0 Å². The molecule has 1 rings (SSSR count). The maximum atomic E-state index is 9.40. The van der Waals surface area contributed by atoms with Crippen LogP contribution in [0, 0.1) is 5.92 Å². The molecule has 0 saturated carbocycles. The highest BCUT2D eigenvalue weighted by Gasteiger charge is 2.24. The molecule has 2 atom stereocenters. The summed E-state index contributed by atoms with van der Waals surface area (Å²) in [5, 5.41) is 15.9. The Labute approximate surface area is 68.2 Å². The van der Waals surface area contributed by atoms with Gasteiger partial charge in [-0.25, -0.2) is 0 Å². The lowest BCUT2D eigenvalue weighted by molar-refractivity contribution is 0.145. The van der Waals surface area contributed by atoms with Gasteiger partial charge in [0.25, 0.3) is 0 Å². The van der Waals surface area contributed by atoms with E-state index < -0.39 is 0 Å². The minimum atomic E-state index is -0.152. The quantitative estimate of drug-likeness (QED) is 0.522. The van der Waals surface area contributed by atoms with Gasteiger partial charge < -0.3 is 15.7 Å². The topological polar surface area (TPSA) is 44.3 Å². The summed E-state index contributed by atoms with van der Waals surface area (Å²) in [6.45, 7) is 6.86. The second kappa shape index (κ2) is 4.04. The molecular formula is C8H18N2O. The largest absolute Gasteiger partial charge is 0.391 e. The van der Waals surface area contributed by atoms with Crippen LogP contribution in [0.1, 0.15) is 13.8 Å². The Kier molecular flexibility index (Phi) is 3.30. The monoisotopic (exact) mass is 158 g/mol. The van der Waals surface area contributed by atoms with Crippen LogP contribution in [0.25, 0.3) is 0 Å². The average Bonchev–Trinajstić information content (AvgIpc) is 2.31. The zero-order chi connectivity index (χ0) is 8.27. The highest BCUT2D eigenvalue weighted by molar-refractivity contribution is 4.82. The van der Waals surface area contributed by atoms with Gasteiger partial charge in [0.05, 0.1) is 6.10 Å². The van der Waals surface area contributed by atoms with Crippen LogP contribution >= 0.6 is 0 Å². The number of rotatable bonds is 3. The Bertz CT molecular complexity index is 117. The van der Waals surface area contributed by atoms with Gasteiger partial charge in [-0.3, -0.25) is 0 Å². The fourth-order valence-electron chi connectivity index (χ4n) is 1.31. The molecule has 1 saturated heterocycles. The molecule has 0 aromatic rings. The van der Waals surface area contributed by atoms with E-state index in [1.165, 1.54) is 0 Å². The Balaban J connectivity index is 2.15. The van der Waals surface area contributed by atoms with Crippen LogP contribution in [-0.4, -0.2) is 36.9 Å². The first-order chi connectivity index (χ1) is 5.20. The van der Waals surface area contributed by atoms with Crippen molar-refractivity contribution in [2.24, 2.45) is 5.92 Å². The van der Waals surface area contributed by atoms with Crippen LogP contribution in [0.5, 0.6) is 0 Å². The fraction of sp³-hybridized carbons (Fsp3) is 1.00. The summed E-state index contributed by atoms with van der Waals surface area (Å²) < 4.78 is 0. The zero-order valence-electron chi connectivity index (χ0n) is 7.30. The second-order valence-electron chi connectivity index (χ2n) is 3.55. The number of aliphatic hydroxyl groups excluding tert-OH is 1. The highest BCUT2D eigenvalue weighted by Crippen LogP contribution is 2.06. The summed E-state index contributed by atoms with van der Waals surface area (Å²) in [6.07, 6.45) is -0.152. The highest BCUT2D eigenvalue weighted by atomic mass is 16.3. The van der Waals surface area contributed by atoms with Crippen molar-refractivity contribution in [3.8, 4) is 0 Å². The van der Waals surface area contributed by atoms with Crippen molar-refractivity contribution in [2.45, 2.75) is 26.0 Å². The van der Waals surface area contributed by atoms with E-state index in [0.29, 0.717) is 12.0 Å². The molecule has 1 heterocycles. The van der Waals surface area contributed by atoms with E-state index in [4.69, 9.17) is 0 Å². The molecule has 1 aliphatic rings. The van der Waals surface area contributed by atoms with Gasteiger partial charge in [-0.1, -0.05) is 13.8 Å². The van der Waals surface area contributed by atoms with Crippen LogP contribution in [0.15, 0.2) is 0 Å². The summed E-state index contributed by atoms with van der Waals surface area (Å²) in [5.41, 5.74) is 0. The number of hydrogen-bond donors (Lipinski definition) is 3. The Morgan fingerprint density at radius 3 is 2.73 bits per heavy atom. The number of β-amino-alcohol motifs (C(OH)–C–C–N with tert-alkyl or cyclic N) is 1. The number of nitrogens with one attached hydrogen (secondary N) is 2. The third kappa shape index (κ3) is 2.77. The molecule has 3 heteroatoms. The fourth-order valence-corrected chi connectivity index (χ4v) is 1.31. The predicted octanol–water partition coefficient (Wildman–Crippen LogP) is -0.435. The van der Waals surface area contributed by atoms with Crippen molar-refractivity contribution in [2.75, 3.05) is 19.6 Å². The first-order valence-electron chi connectivity index (χ1n) is 4.32. The number of aliphatic hydroxyl groups is 1. The third-order valence-electron chi connectivity index (χ3n) is 2.09. The summed E-state index contributed by atoms with van der Waals surface area (Å²) in [5.74, 6) is 0.400. The molecule has 0 radical (unpaired) electrons. The summed E-state index contributed by atoms with van der Waals surface area (Å²) in [7, 11) is 0. The smallest absolute Gasteiger partial charge is 0.0716 e. The summed E-state index contributed by atoms with van der Waals surface area (Å²) >= 11 is 0. The van der Waals surface area contributed by atoms with Gasteiger partial charge in [0.2, 0.25) is 0 Å². The molecule has 3 N–H and O–H groups in total.